The lowest BCUT2D eigenvalue weighted by atomic mass is 9.84. The van der Waals surface area contributed by atoms with Gasteiger partial charge < -0.3 is 79.9 Å². The molecule has 1 atom stereocenters. The first-order valence-electron chi connectivity index (χ1n) is 43.3. The first kappa shape index (κ1) is 104. The standard InChI is InChI=1S/C25H27FN4O2.C22H27FN4O4.C18H21FN4O2.C18H18FN3O3.C8H10ClNO.C7H9N.H2S/c1-32-25(31)20-12-9-18(13-21(20)26)23-24(27)29-15-22(30-23)17-7-10-19(11-8-17)28-14-16-5-3-2-4-6-16;1-22(2,3)31-21(30)26-14-7-4-12(5-8-14)17-11-25-19(24)18(27-17)13-6-9-15(20(28)29)16(23)10-13;1-25-18(24)13-7-4-11(8-14(13)19)16-17(21)22-9-15(23-16)10-2-5-12(20)6-3-10;1-25-18(24)13-7-4-11(8-14(13)19)16-17(20)21-9-15(22-16)10-2-5-12(23)6-3-10;9-7-3-1-2-6(4-7)8(10)5-11;8-6-7-4-2-1-3-5-7;/h2-6,9,12-13,15,17,19,28H,7-8,10-11,14H2,1H3,(H2,27,29);6,9-12,14H,4-5,7-8H2,1-3H3,(H2,24,25)(H,26,30)(H,28,29);4,7-10,12H,2-3,5-6,20H2,1H3,(H2,21,22);4,7-10H,2-3,5-6H2,1H3,(H2,20,21);1-4,8,11H,5,10H2;1-5H,6,8H2;1H2/t;;;;8-;;/m....1../s1. The highest BCUT2D eigenvalue weighted by Gasteiger charge is 2.31. The number of aromatic carboxylic acids is 1. The number of aliphatic hydroxyl groups is 1. The number of hydrogen-bond donors (Lipinski definition) is 11. The van der Waals surface area contributed by atoms with Gasteiger partial charge in [0.2, 0.25) is 0 Å². The van der Waals surface area contributed by atoms with Gasteiger partial charge >= 0.3 is 30.0 Å². The maximum absolute atomic E-state index is 14.4. The summed E-state index contributed by atoms with van der Waals surface area (Å²) in [6.45, 7) is 6.92. The summed E-state index contributed by atoms with van der Waals surface area (Å²) in [4.78, 5) is 104. The van der Waals surface area contributed by atoms with Crippen molar-refractivity contribution in [3.63, 3.8) is 0 Å². The Bertz CT molecular complexity index is 5770. The number of Topliss-reactive ketones (excluding diaryl/α,β-unsaturated/α-hetero) is 1. The van der Waals surface area contributed by atoms with Gasteiger partial charge in [-0.25, -0.2) is 81.4 Å². The largest absolute Gasteiger partial charge is 0.478 e. The van der Waals surface area contributed by atoms with E-state index in [1.807, 2.05) is 69.3 Å². The van der Waals surface area contributed by atoms with Crippen LogP contribution in [-0.4, -0.2) is 138 Å². The van der Waals surface area contributed by atoms with Crippen molar-refractivity contribution < 1.29 is 75.5 Å². The normalized spacial score (nSPS) is 17.1. The number of nitrogens with zero attached hydrogens (tertiary/aromatic N) is 8. The number of carboxylic acids is 1. The summed E-state index contributed by atoms with van der Waals surface area (Å²) < 4.78 is 75.9. The highest BCUT2D eigenvalue weighted by atomic mass is 35.5. The molecule has 0 saturated heterocycles. The summed E-state index contributed by atoms with van der Waals surface area (Å²) in [5.74, 6) is -4.56. The number of aliphatic hydroxyl groups excluding tert-OH is 1. The Morgan fingerprint density at radius 3 is 1.14 bits per heavy atom. The Morgan fingerprint density at radius 1 is 0.474 bits per heavy atom. The molecule has 4 aliphatic carbocycles. The maximum atomic E-state index is 14.4. The predicted octanol–water partition coefficient (Wildman–Crippen LogP) is 16.7. The van der Waals surface area contributed by atoms with Gasteiger partial charge in [0.1, 0.15) is 80.7 Å². The average Bonchev–Trinajstić information content (AvgIpc) is 0.811. The molecule has 7 aromatic carbocycles. The number of anilines is 4. The van der Waals surface area contributed by atoms with Crippen LogP contribution < -0.4 is 50.8 Å². The quantitative estimate of drug-likeness (QED) is 0.0203. The van der Waals surface area contributed by atoms with Crippen LogP contribution in [0.2, 0.25) is 5.02 Å². The van der Waals surface area contributed by atoms with Crippen LogP contribution in [-0.2, 0) is 36.8 Å². The number of methoxy groups -OCH3 is 3. The molecule has 704 valence electrons. The summed E-state index contributed by atoms with van der Waals surface area (Å²) in [6, 6.07) is 44.3. The van der Waals surface area contributed by atoms with Crippen LogP contribution >= 0.6 is 25.1 Å². The summed E-state index contributed by atoms with van der Waals surface area (Å²) in [6.07, 6.45) is 19.8. The average molecular weight is 1870 g/mol. The number of carbonyl (C=O) groups excluding carboxylic acids is 5. The molecule has 0 radical (unpaired) electrons. The zero-order chi connectivity index (χ0) is 95.3. The number of benzene rings is 7. The number of aromatic nitrogens is 8. The van der Waals surface area contributed by atoms with Crippen LogP contribution in [0.15, 0.2) is 183 Å². The van der Waals surface area contributed by atoms with E-state index in [1.54, 1.807) is 55.1 Å². The number of ketones is 1. The molecule has 4 aromatic heterocycles. The molecule has 11 aromatic rings. The molecule has 29 nitrogen and oxygen atoms in total. The van der Waals surface area contributed by atoms with Crippen LogP contribution in [0.3, 0.4) is 0 Å². The molecule has 4 fully saturated rings. The summed E-state index contributed by atoms with van der Waals surface area (Å²) in [7, 11) is 3.62. The van der Waals surface area contributed by atoms with Crippen LogP contribution in [0.4, 0.5) is 45.6 Å². The zero-order valence-corrected chi connectivity index (χ0v) is 76.6. The fourth-order valence-electron chi connectivity index (χ4n) is 15.5. The van der Waals surface area contributed by atoms with Gasteiger partial charge in [0.25, 0.3) is 0 Å². The number of hydrogen-bond acceptors (Lipinski definition) is 27. The number of nitrogens with one attached hydrogen (secondary N) is 2. The second-order valence-corrected chi connectivity index (χ2v) is 33.7. The maximum Gasteiger partial charge on any atom is 0.407 e. The Hall–Kier alpha value is -13.0. The lowest BCUT2D eigenvalue weighted by molar-refractivity contribution is -0.120. The summed E-state index contributed by atoms with van der Waals surface area (Å²) in [5, 5.41) is 24.9. The van der Waals surface area contributed by atoms with Crippen LogP contribution in [0, 0.1) is 23.3 Å². The zero-order valence-electron chi connectivity index (χ0n) is 74.9. The number of alkyl carbamates (subject to hydrolysis) is 1. The Labute approximate surface area is 781 Å². The molecule has 4 aliphatic rings. The van der Waals surface area contributed by atoms with Crippen molar-refractivity contribution in [2.24, 2.45) is 17.2 Å². The molecule has 18 N–H and O–H groups in total. The molecule has 0 unspecified atom stereocenters. The fraction of sp³-hybridized carbons (Fsp3) is 0.347. The van der Waals surface area contributed by atoms with Crippen molar-refractivity contribution in [2.75, 3.05) is 50.9 Å². The first-order chi connectivity index (χ1) is 63.2. The van der Waals surface area contributed by atoms with E-state index in [1.165, 1.54) is 81.0 Å². The molecule has 1 amide bonds. The van der Waals surface area contributed by atoms with Gasteiger partial charge in [0.15, 0.2) is 0 Å². The molecule has 4 saturated carbocycles. The minimum Gasteiger partial charge on any atom is -0.478 e. The van der Waals surface area contributed by atoms with Gasteiger partial charge in [-0.05, 0) is 188 Å². The number of nitrogen functional groups attached to an aromatic ring is 4. The second kappa shape index (κ2) is 50.1. The molecule has 4 heterocycles. The van der Waals surface area contributed by atoms with E-state index in [4.69, 9.17) is 71.7 Å². The van der Waals surface area contributed by atoms with E-state index in [9.17, 15) is 46.3 Å². The number of rotatable bonds is 19. The Kier molecular flexibility index (Phi) is 39.0. The molecule has 35 heteroatoms. The third kappa shape index (κ3) is 30.0. The topological polar surface area (TPSA) is 489 Å². The van der Waals surface area contributed by atoms with Crippen molar-refractivity contribution in [3.8, 4) is 45.0 Å². The second-order valence-electron chi connectivity index (χ2n) is 33.2. The molecule has 0 spiro atoms. The smallest absolute Gasteiger partial charge is 0.407 e. The highest BCUT2D eigenvalue weighted by molar-refractivity contribution is 7.59. The van der Waals surface area contributed by atoms with Gasteiger partial charge in [-0.2, -0.15) is 13.5 Å². The molecular weight excluding hydrogens is 1750 g/mol. The van der Waals surface area contributed by atoms with Gasteiger partial charge in [0.05, 0.1) is 104 Å². The monoisotopic (exact) mass is 1860 g/mol. The van der Waals surface area contributed by atoms with E-state index < -0.39 is 64.4 Å². The van der Waals surface area contributed by atoms with Crippen LogP contribution in [0.25, 0.3) is 45.0 Å². The number of amides is 1. The lowest BCUT2D eigenvalue weighted by Gasteiger charge is -2.30. The molecular formula is C98H114ClF4N17O12S. The van der Waals surface area contributed by atoms with Crippen LogP contribution in [0.1, 0.15) is 234 Å². The summed E-state index contributed by atoms with van der Waals surface area (Å²) in [5.41, 5.74) is 49.2. The van der Waals surface area contributed by atoms with E-state index in [0.29, 0.717) is 75.5 Å². The highest BCUT2D eigenvalue weighted by Crippen LogP contribution is 2.40. The number of carbonyl (C=O) groups is 6. The minimum atomic E-state index is -1.34. The van der Waals surface area contributed by atoms with Crippen molar-refractivity contribution in [1.29, 1.82) is 0 Å². The van der Waals surface area contributed by atoms with Gasteiger partial charge in [0, 0.05) is 95.0 Å². The van der Waals surface area contributed by atoms with Gasteiger partial charge in [-0.1, -0.05) is 109 Å². The molecule has 133 heavy (non-hydrogen) atoms. The number of ether oxygens (including phenoxy) is 4. The van der Waals surface area contributed by atoms with E-state index in [2.05, 4.69) is 84.0 Å². The number of carboxylic acid groups (broad SMARTS) is 1. The Balaban J connectivity index is 0.000000187. The number of esters is 3. The summed E-state index contributed by atoms with van der Waals surface area (Å²) >= 11 is 5.71. The third-order valence-electron chi connectivity index (χ3n) is 22.8. The number of halogens is 5. The van der Waals surface area contributed by atoms with E-state index >= 15 is 0 Å². The Morgan fingerprint density at radius 2 is 0.820 bits per heavy atom. The lowest BCUT2D eigenvalue weighted by Crippen LogP contribution is -2.40. The van der Waals surface area contributed by atoms with Crippen molar-refractivity contribution in [1.82, 2.24) is 50.5 Å². The molecule has 0 aliphatic heterocycles. The predicted molar refractivity (Wildman–Crippen MR) is 507 cm³/mol. The van der Waals surface area contributed by atoms with Crippen molar-refractivity contribution >= 4 is 84.1 Å². The van der Waals surface area contributed by atoms with Crippen molar-refractivity contribution in [3.05, 3.63) is 273 Å². The van der Waals surface area contributed by atoms with Gasteiger partial charge in [-0.3, -0.25) is 4.79 Å². The molecule has 15 rings (SSSR count). The fourth-order valence-corrected chi connectivity index (χ4v) is 15.7. The third-order valence-corrected chi connectivity index (χ3v) is 23.1. The number of nitrogens with two attached hydrogens (primary N) is 7. The SMILES string of the molecule is CC(C)(C)OC(=O)NC1CCC(c2cnc(N)c(-c3ccc(C(=O)O)c(F)c3)n2)CC1.COC(=O)c1ccc(-c2nc(C3CCC(=O)CC3)cnc2N)cc1F.COC(=O)c1ccc(-c2nc(C3CCC(N)CC3)cnc2N)cc1F.COC(=O)c1ccc(-c2nc(C3CCC(NCc4ccccc4)CC3)cnc2N)cc1F.NCc1ccccc1.N[C@H](CO)c1cccc(Cl)c1.S. The first-order valence-corrected chi connectivity index (χ1v) is 43.7. The van der Waals surface area contributed by atoms with Gasteiger partial charge in [-0.15, -0.1) is 0 Å². The van der Waals surface area contributed by atoms with E-state index in [-0.39, 0.29) is 108 Å². The van der Waals surface area contributed by atoms with E-state index in [0.717, 1.165) is 131 Å². The molecule has 0 bridgehead atoms. The van der Waals surface area contributed by atoms with Crippen molar-refractivity contribution in [2.45, 2.75) is 190 Å². The minimum absolute atomic E-state index is 0. The van der Waals surface area contributed by atoms with Crippen LogP contribution in [0.5, 0.6) is 0 Å².